The van der Waals surface area contributed by atoms with Gasteiger partial charge in [0.25, 0.3) is 5.56 Å². The van der Waals surface area contributed by atoms with E-state index in [4.69, 9.17) is 11.6 Å². The standard InChI is InChI=1S/C17H14ClN3O/c1-11-16-19-15-5-3-2-4-14(15)17(22)21(16)10-20(11)13-8-6-12(18)7-9-13/h2-9,11H,10H2,1H3. The van der Waals surface area contributed by atoms with E-state index in [1.807, 2.05) is 48.5 Å². The maximum atomic E-state index is 12.7. The molecule has 2 aromatic carbocycles. The summed E-state index contributed by atoms with van der Waals surface area (Å²) in [5, 5.41) is 1.37. The summed E-state index contributed by atoms with van der Waals surface area (Å²) in [6, 6.07) is 15.2. The van der Waals surface area contributed by atoms with E-state index in [1.165, 1.54) is 0 Å². The lowest BCUT2D eigenvalue weighted by atomic mass is 10.2. The van der Waals surface area contributed by atoms with Crippen molar-refractivity contribution in [2.24, 2.45) is 0 Å². The van der Waals surface area contributed by atoms with Crippen LogP contribution in [-0.4, -0.2) is 9.55 Å². The van der Waals surface area contributed by atoms with Crippen LogP contribution in [-0.2, 0) is 6.67 Å². The predicted octanol–water partition coefficient (Wildman–Crippen LogP) is 3.59. The summed E-state index contributed by atoms with van der Waals surface area (Å²) in [4.78, 5) is 19.5. The summed E-state index contributed by atoms with van der Waals surface area (Å²) < 4.78 is 1.75. The lowest BCUT2D eigenvalue weighted by Crippen LogP contribution is -2.24. The zero-order valence-electron chi connectivity index (χ0n) is 12.0. The molecule has 0 bridgehead atoms. The monoisotopic (exact) mass is 311 g/mol. The maximum Gasteiger partial charge on any atom is 0.262 e. The normalized spacial score (nSPS) is 17.0. The van der Waals surface area contributed by atoms with Crippen LogP contribution in [0.15, 0.2) is 53.3 Å². The molecule has 0 saturated carbocycles. The average Bonchev–Trinajstić information content (AvgIpc) is 2.86. The molecular formula is C17H14ClN3O. The molecule has 0 saturated heterocycles. The van der Waals surface area contributed by atoms with Crippen molar-refractivity contribution in [2.75, 3.05) is 4.90 Å². The molecular weight excluding hydrogens is 298 g/mol. The maximum absolute atomic E-state index is 12.7. The highest BCUT2D eigenvalue weighted by molar-refractivity contribution is 6.30. The van der Waals surface area contributed by atoms with Gasteiger partial charge in [0.1, 0.15) is 12.5 Å². The molecule has 110 valence electrons. The summed E-state index contributed by atoms with van der Waals surface area (Å²) >= 11 is 5.95. The van der Waals surface area contributed by atoms with Crippen LogP contribution in [0.2, 0.25) is 5.02 Å². The van der Waals surface area contributed by atoms with Gasteiger partial charge in [0.2, 0.25) is 0 Å². The van der Waals surface area contributed by atoms with Crippen LogP contribution in [0.25, 0.3) is 10.9 Å². The molecule has 0 radical (unpaired) electrons. The van der Waals surface area contributed by atoms with Crippen molar-refractivity contribution in [2.45, 2.75) is 19.6 Å². The number of rotatable bonds is 1. The van der Waals surface area contributed by atoms with Crippen LogP contribution >= 0.6 is 11.6 Å². The van der Waals surface area contributed by atoms with E-state index in [0.29, 0.717) is 17.1 Å². The van der Waals surface area contributed by atoms with Crippen molar-refractivity contribution in [1.29, 1.82) is 0 Å². The van der Waals surface area contributed by atoms with Gasteiger partial charge >= 0.3 is 0 Å². The number of anilines is 1. The van der Waals surface area contributed by atoms with Crippen LogP contribution in [0.4, 0.5) is 5.69 Å². The van der Waals surface area contributed by atoms with Crippen molar-refractivity contribution < 1.29 is 0 Å². The topological polar surface area (TPSA) is 38.1 Å². The van der Waals surface area contributed by atoms with Crippen molar-refractivity contribution in [3.05, 3.63) is 69.7 Å². The van der Waals surface area contributed by atoms with Crippen LogP contribution in [0.5, 0.6) is 0 Å². The molecule has 0 spiro atoms. The Hall–Kier alpha value is -2.33. The van der Waals surface area contributed by atoms with E-state index in [1.54, 1.807) is 4.57 Å². The summed E-state index contributed by atoms with van der Waals surface area (Å²) in [5.74, 6) is 0.804. The quantitative estimate of drug-likeness (QED) is 0.689. The first kappa shape index (κ1) is 13.3. The van der Waals surface area contributed by atoms with Gasteiger partial charge in [0.05, 0.1) is 16.9 Å². The fourth-order valence-electron chi connectivity index (χ4n) is 2.99. The van der Waals surface area contributed by atoms with Gasteiger partial charge in [0.15, 0.2) is 0 Å². The lowest BCUT2D eigenvalue weighted by Gasteiger charge is -2.22. The Morgan fingerprint density at radius 1 is 1.14 bits per heavy atom. The second-order valence-electron chi connectivity index (χ2n) is 5.48. The highest BCUT2D eigenvalue weighted by Gasteiger charge is 2.29. The molecule has 0 fully saturated rings. The fraction of sp³-hybridized carbons (Fsp3) is 0.176. The number of nitrogens with zero attached hydrogens (tertiary/aromatic N) is 3. The molecule has 22 heavy (non-hydrogen) atoms. The van der Waals surface area contributed by atoms with Crippen molar-refractivity contribution in [1.82, 2.24) is 9.55 Å². The van der Waals surface area contributed by atoms with Gasteiger partial charge in [-0.1, -0.05) is 23.7 Å². The van der Waals surface area contributed by atoms with Crippen molar-refractivity contribution in [3.8, 4) is 0 Å². The minimum absolute atomic E-state index is 0.0175. The second-order valence-corrected chi connectivity index (χ2v) is 5.92. The molecule has 5 heteroatoms. The SMILES string of the molecule is CC1c2nc3ccccc3c(=O)n2CN1c1ccc(Cl)cc1. The zero-order chi connectivity index (χ0) is 15.3. The van der Waals surface area contributed by atoms with E-state index < -0.39 is 0 Å². The predicted molar refractivity (Wildman–Crippen MR) is 88.3 cm³/mol. The fourth-order valence-corrected chi connectivity index (χ4v) is 3.12. The van der Waals surface area contributed by atoms with E-state index in [9.17, 15) is 4.79 Å². The highest BCUT2D eigenvalue weighted by atomic mass is 35.5. The summed E-state index contributed by atoms with van der Waals surface area (Å²) in [7, 11) is 0. The average molecular weight is 312 g/mol. The van der Waals surface area contributed by atoms with E-state index >= 15 is 0 Å². The first-order valence-electron chi connectivity index (χ1n) is 7.17. The third-order valence-electron chi connectivity index (χ3n) is 4.18. The van der Waals surface area contributed by atoms with Gasteiger partial charge in [-0.2, -0.15) is 0 Å². The molecule has 1 aliphatic rings. The van der Waals surface area contributed by atoms with Crippen LogP contribution < -0.4 is 10.5 Å². The van der Waals surface area contributed by atoms with Gasteiger partial charge < -0.3 is 4.90 Å². The number of aromatic nitrogens is 2. The molecule has 0 aliphatic carbocycles. The van der Waals surface area contributed by atoms with Gasteiger partial charge in [-0.05, 0) is 43.3 Å². The van der Waals surface area contributed by atoms with Crippen molar-refractivity contribution in [3.63, 3.8) is 0 Å². The Morgan fingerprint density at radius 3 is 2.64 bits per heavy atom. The Kier molecular flexibility index (Phi) is 2.94. The second kappa shape index (κ2) is 4.85. The first-order valence-corrected chi connectivity index (χ1v) is 7.54. The molecule has 1 aromatic heterocycles. The van der Waals surface area contributed by atoms with E-state index in [0.717, 1.165) is 17.0 Å². The van der Waals surface area contributed by atoms with Crippen LogP contribution in [0, 0.1) is 0 Å². The molecule has 1 unspecified atom stereocenters. The van der Waals surface area contributed by atoms with Gasteiger partial charge in [0, 0.05) is 10.7 Å². The molecule has 4 nitrogen and oxygen atoms in total. The summed E-state index contributed by atoms with van der Waals surface area (Å²) in [5.41, 5.74) is 1.80. The summed E-state index contributed by atoms with van der Waals surface area (Å²) in [6.45, 7) is 2.57. The van der Waals surface area contributed by atoms with Crippen LogP contribution in [0.1, 0.15) is 18.8 Å². The lowest BCUT2D eigenvalue weighted by molar-refractivity contribution is 0.685. The van der Waals surface area contributed by atoms with Crippen LogP contribution in [0.3, 0.4) is 0 Å². The Bertz CT molecular complexity index is 917. The Morgan fingerprint density at radius 2 is 1.86 bits per heavy atom. The van der Waals surface area contributed by atoms with Gasteiger partial charge in [-0.25, -0.2) is 4.98 Å². The number of fused-ring (bicyclic) bond motifs is 2. The minimum atomic E-state index is 0.0175. The molecule has 1 atom stereocenters. The van der Waals surface area contributed by atoms with E-state index in [2.05, 4.69) is 16.8 Å². The molecule has 3 aromatic rings. The van der Waals surface area contributed by atoms with Crippen molar-refractivity contribution >= 4 is 28.2 Å². The first-order chi connectivity index (χ1) is 10.6. The molecule has 2 heterocycles. The molecule has 0 amide bonds. The van der Waals surface area contributed by atoms with Gasteiger partial charge in [-0.15, -0.1) is 0 Å². The number of hydrogen-bond acceptors (Lipinski definition) is 3. The smallest absolute Gasteiger partial charge is 0.262 e. The summed E-state index contributed by atoms with van der Waals surface area (Å²) in [6.07, 6.45) is 0. The minimum Gasteiger partial charge on any atom is -0.343 e. The number of halogens is 1. The third-order valence-corrected chi connectivity index (χ3v) is 4.44. The molecule has 0 N–H and O–H groups in total. The highest BCUT2D eigenvalue weighted by Crippen LogP contribution is 2.32. The third kappa shape index (κ3) is 1.91. The van der Waals surface area contributed by atoms with Gasteiger partial charge in [-0.3, -0.25) is 9.36 Å². The Balaban J connectivity index is 1.86. The zero-order valence-corrected chi connectivity index (χ0v) is 12.8. The van der Waals surface area contributed by atoms with E-state index in [-0.39, 0.29) is 11.6 Å². The molecule has 4 rings (SSSR count). The Labute approximate surface area is 132 Å². The number of hydrogen-bond donors (Lipinski definition) is 0. The molecule has 1 aliphatic heterocycles. The largest absolute Gasteiger partial charge is 0.343 e. The number of para-hydroxylation sites is 1. The number of benzene rings is 2.